The number of anilines is 1. The fraction of sp³-hybridized carbons (Fsp3) is 0.440. The number of amides is 1. The molecule has 1 amide bonds. The number of benzene rings is 1. The Morgan fingerprint density at radius 1 is 1.20 bits per heavy atom. The van der Waals surface area contributed by atoms with Crippen LogP contribution in [-0.2, 0) is 4.79 Å². The molecule has 1 saturated heterocycles. The number of nitrogens with one attached hydrogen (secondary N) is 2. The first-order valence-electron chi connectivity index (χ1n) is 11.7. The lowest BCUT2D eigenvalue weighted by Gasteiger charge is -2.46. The summed E-state index contributed by atoms with van der Waals surface area (Å²) in [5.41, 5.74) is -0.259. The van der Waals surface area contributed by atoms with E-state index in [-0.39, 0.29) is 17.5 Å². The molecule has 3 heterocycles. The number of hydrogen-bond acceptors (Lipinski definition) is 7. The second-order valence-corrected chi connectivity index (χ2v) is 9.45. The Hall–Kier alpha value is -3.40. The Morgan fingerprint density at radius 2 is 1.91 bits per heavy atom. The van der Waals surface area contributed by atoms with Gasteiger partial charge in [-0.1, -0.05) is 0 Å². The molecule has 1 fully saturated rings. The molecule has 4 rings (SSSR count). The summed E-state index contributed by atoms with van der Waals surface area (Å²) in [5.74, 6) is -1.95. The van der Waals surface area contributed by atoms with Gasteiger partial charge >= 0.3 is 0 Å². The summed E-state index contributed by atoms with van der Waals surface area (Å²) in [4.78, 5) is 39.0. The molecule has 1 unspecified atom stereocenters. The molecule has 2 aliphatic rings. The van der Waals surface area contributed by atoms with Crippen LogP contribution in [0.15, 0.2) is 41.7 Å². The second kappa shape index (κ2) is 9.69. The third-order valence-corrected chi connectivity index (χ3v) is 6.28. The number of carbonyl (C=O) groups is 2. The molecular formula is C25H30F2N6O2. The standard InChI is InChI=1S/C25H30F2N6O2/c1-15(2)30-25(24(35)32(3)4)23(29-21-14-28-10-7-20(21)31-25)33-11-8-16(9-12-33)22(34)18-13-17(26)5-6-19(18)27/h5-7,10,13-16,30-31H,8-9,11-12H2,1-4H3. The number of aromatic nitrogens is 1. The molecule has 1 atom stereocenters. The Morgan fingerprint density at radius 3 is 2.57 bits per heavy atom. The SMILES string of the molecule is CC(C)NC1(C(=O)N(C)C)Nc2ccncc2N=C1N1CCC(C(=O)c2cc(F)ccc2F)CC1. The van der Waals surface area contributed by atoms with Crippen molar-refractivity contribution in [2.75, 3.05) is 32.5 Å². The number of likely N-dealkylation sites (N-methyl/N-ethyl adjacent to an activating group) is 1. The number of piperidine rings is 1. The summed E-state index contributed by atoms with van der Waals surface area (Å²) in [6, 6.07) is 4.64. The van der Waals surface area contributed by atoms with E-state index in [2.05, 4.69) is 15.6 Å². The summed E-state index contributed by atoms with van der Waals surface area (Å²) >= 11 is 0. The fourth-order valence-electron chi connectivity index (χ4n) is 4.68. The van der Waals surface area contributed by atoms with Gasteiger partial charge in [0.15, 0.2) is 11.6 Å². The Bertz CT molecular complexity index is 1160. The minimum Gasteiger partial charge on any atom is -0.356 e. The highest BCUT2D eigenvalue weighted by molar-refractivity contribution is 6.16. The van der Waals surface area contributed by atoms with Crippen LogP contribution in [0.25, 0.3) is 0 Å². The maximum Gasteiger partial charge on any atom is 0.271 e. The molecule has 2 aromatic rings. The number of aliphatic imine (C=N–C) groups is 1. The molecule has 0 aliphatic carbocycles. The van der Waals surface area contributed by atoms with Crippen LogP contribution in [0, 0.1) is 17.6 Å². The average Bonchev–Trinajstić information content (AvgIpc) is 2.83. The van der Waals surface area contributed by atoms with Crippen molar-refractivity contribution in [3.8, 4) is 0 Å². The molecule has 0 saturated carbocycles. The van der Waals surface area contributed by atoms with Gasteiger partial charge in [-0.2, -0.15) is 0 Å². The lowest BCUT2D eigenvalue weighted by molar-refractivity contribution is -0.132. The van der Waals surface area contributed by atoms with Gasteiger partial charge in [0.25, 0.3) is 5.91 Å². The van der Waals surface area contributed by atoms with Crippen LogP contribution in [0.4, 0.5) is 20.2 Å². The molecule has 186 valence electrons. The summed E-state index contributed by atoms with van der Waals surface area (Å²) in [6.07, 6.45) is 4.10. The van der Waals surface area contributed by atoms with E-state index < -0.39 is 29.0 Å². The van der Waals surface area contributed by atoms with E-state index in [0.717, 1.165) is 18.2 Å². The minimum absolute atomic E-state index is 0.0601. The van der Waals surface area contributed by atoms with Crippen molar-refractivity contribution in [1.82, 2.24) is 20.1 Å². The minimum atomic E-state index is -1.32. The number of amidine groups is 1. The van der Waals surface area contributed by atoms with Gasteiger partial charge in [0.2, 0.25) is 5.66 Å². The van der Waals surface area contributed by atoms with Crippen molar-refractivity contribution in [1.29, 1.82) is 0 Å². The highest BCUT2D eigenvalue weighted by Gasteiger charge is 2.50. The van der Waals surface area contributed by atoms with E-state index in [4.69, 9.17) is 4.99 Å². The Kier molecular flexibility index (Phi) is 6.84. The van der Waals surface area contributed by atoms with Crippen molar-refractivity contribution < 1.29 is 18.4 Å². The topological polar surface area (TPSA) is 89.9 Å². The maximum absolute atomic E-state index is 14.2. The largest absolute Gasteiger partial charge is 0.356 e. The molecule has 2 N–H and O–H groups in total. The van der Waals surface area contributed by atoms with Gasteiger partial charge in [0.05, 0.1) is 17.4 Å². The zero-order chi connectivity index (χ0) is 25.3. The van der Waals surface area contributed by atoms with Gasteiger partial charge < -0.3 is 15.1 Å². The average molecular weight is 485 g/mol. The third-order valence-electron chi connectivity index (χ3n) is 6.28. The summed E-state index contributed by atoms with van der Waals surface area (Å²) in [5, 5.41) is 6.76. The van der Waals surface area contributed by atoms with Gasteiger partial charge in [-0.15, -0.1) is 0 Å². The zero-order valence-corrected chi connectivity index (χ0v) is 20.3. The number of halogens is 2. The lowest BCUT2D eigenvalue weighted by Crippen LogP contribution is -2.72. The normalized spacial score (nSPS) is 20.2. The highest BCUT2D eigenvalue weighted by atomic mass is 19.1. The van der Waals surface area contributed by atoms with Crippen molar-refractivity contribution in [2.45, 2.75) is 38.4 Å². The van der Waals surface area contributed by atoms with Crippen molar-refractivity contribution in [3.63, 3.8) is 0 Å². The number of carbonyl (C=O) groups excluding carboxylic acids is 2. The first kappa shape index (κ1) is 24.7. The number of ketones is 1. The molecule has 1 aromatic carbocycles. The summed E-state index contributed by atoms with van der Waals surface area (Å²) in [6.45, 7) is 4.74. The zero-order valence-electron chi connectivity index (χ0n) is 20.3. The van der Waals surface area contributed by atoms with E-state index >= 15 is 0 Å². The predicted molar refractivity (Wildman–Crippen MR) is 130 cm³/mol. The number of fused-ring (bicyclic) bond motifs is 1. The van der Waals surface area contributed by atoms with Crippen LogP contribution in [0.2, 0.25) is 0 Å². The predicted octanol–water partition coefficient (Wildman–Crippen LogP) is 3.19. The van der Waals surface area contributed by atoms with Gasteiger partial charge in [-0.25, -0.2) is 13.8 Å². The van der Waals surface area contributed by atoms with Gasteiger partial charge in [0, 0.05) is 45.3 Å². The highest BCUT2D eigenvalue weighted by Crippen LogP contribution is 2.35. The first-order chi connectivity index (χ1) is 16.6. The molecule has 2 aliphatic heterocycles. The maximum atomic E-state index is 14.2. The molecule has 0 radical (unpaired) electrons. The molecule has 0 spiro atoms. The Balaban J connectivity index is 1.65. The third kappa shape index (κ3) is 4.75. The summed E-state index contributed by atoms with van der Waals surface area (Å²) in [7, 11) is 3.37. The smallest absolute Gasteiger partial charge is 0.271 e. The van der Waals surface area contributed by atoms with Crippen molar-refractivity contribution in [2.24, 2.45) is 10.9 Å². The molecule has 8 nitrogen and oxygen atoms in total. The number of pyridine rings is 1. The van der Waals surface area contributed by atoms with Crippen LogP contribution in [-0.4, -0.2) is 71.2 Å². The van der Waals surface area contributed by atoms with Crippen LogP contribution >= 0.6 is 0 Å². The van der Waals surface area contributed by atoms with Gasteiger partial charge in [-0.05, 0) is 51.0 Å². The molecule has 35 heavy (non-hydrogen) atoms. The second-order valence-electron chi connectivity index (χ2n) is 9.45. The van der Waals surface area contributed by atoms with Crippen LogP contribution in [0.1, 0.15) is 37.0 Å². The molecule has 10 heteroatoms. The fourth-order valence-corrected chi connectivity index (χ4v) is 4.68. The molecule has 1 aromatic heterocycles. The monoisotopic (exact) mass is 484 g/mol. The quantitative estimate of drug-likeness (QED) is 0.634. The number of likely N-dealkylation sites (tertiary alicyclic amines) is 1. The lowest BCUT2D eigenvalue weighted by atomic mass is 9.87. The molecular weight excluding hydrogens is 454 g/mol. The summed E-state index contributed by atoms with van der Waals surface area (Å²) < 4.78 is 27.8. The van der Waals surface area contributed by atoms with Crippen molar-refractivity contribution >= 4 is 28.9 Å². The number of rotatable bonds is 5. The van der Waals surface area contributed by atoms with Gasteiger partial charge in [-0.3, -0.25) is 19.9 Å². The Labute approximate surface area is 203 Å². The van der Waals surface area contributed by atoms with E-state index in [0.29, 0.717) is 43.1 Å². The van der Waals surface area contributed by atoms with E-state index in [1.807, 2.05) is 18.7 Å². The van der Waals surface area contributed by atoms with Gasteiger partial charge in [0.1, 0.15) is 17.3 Å². The van der Waals surface area contributed by atoms with Crippen LogP contribution in [0.5, 0.6) is 0 Å². The van der Waals surface area contributed by atoms with E-state index in [1.165, 1.54) is 4.90 Å². The molecule has 0 bridgehead atoms. The van der Waals surface area contributed by atoms with Crippen LogP contribution < -0.4 is 10.6 Å². The van der Waals surface area contributed by atoms with E-state index in [9.17, 15) is 18.4 Å². The number of Topliss-reactive ketones (excluding diaryl/α,β-unsaturated/α-hetero) is 1. The first-order valence-corrected chi connectivity index (χ1v) is 11.7. The number of nitrogens with zero attached hydrogens (tertiary/aromatic N) is 4. The van der Waals surface area contributed by atoms with Crippen molar-refractivity contribution in [3.05, 3.63) is 53.9 Å². The van der Waals surface area contributed by atoms with Crippen LogP contribution in [0.3, 0.4) is 0 Å². The van der Waals surface area contributed by atoms with E-state index in [1.54, 1.807) is 32.6 Å². The number of hydrogen-bond donors (Lipinski definition) is 2.